The Labute approximate surface area is 211 Å². The van der Waals surface area contributed by atoms with Crippen molar-refractivity contribution in [2.45, 2.75) is 31.9 Å². The van der Waals surface area contributed by atoms with Crippen molar-refractivity contribution in [3.63, 3.8) is 0 Å². The van der Waals surface area contributed by atoms with Gasteiger partial charge in [-0.3, -0.25) is 9.59 Å². The molecule has 0 saturated carbocycles. The molecule has 2 N–H and O–H groups in total. The molecule has 4 rings (SSSR count). The van der Waals surface area contributed by atoms with Gasteiger partial charge in [-0.2, -0.15) is 31.4 Å². The maximum Gasteiger partial charge on any atom is 0.423 e. The van der Waals surface area contributed by atoms with Crippen molar-refractivity contribution in [3.8, 4) is 0 Å². The highest BCUT2D eigenvalue weighted by molar-refractivity contribution is 5.94. The average Bonchev–Trinajstić information content (AvgIpc) is 3.30. The first kappa shape index (κ1) is 26.9. The third-order valence-corrected chi connectivity index (χ3v) is 5.84. The standard InChI is InChI=1S/C22H22F6N8O2/c1-13(32-16-10-31-33-18(37)17(16)22(26,27)28)11-34-3-2-14(12-34)19(38)35-4-6-36(7-5-35)20-29-8-15(9-30-20)21(23,24)25/h2-3,8-10,12-13H,4-7,11H2,1H3,(H2,32,33,37)/t13-/m0/s1. The summed E-state index contributed by atoms with van der Waals surface area (Å²) < 4.78 is 79.5. The molecule has 0 bridgehead atoms. The number of halogens is 6. The van der Waals surface area contributed by atoms with Crippen LogP contribution in [0, 0.1) is 0 Å². The quantitative estimate of drug-likeness (QED) is 0.459. The first-order chi connectivity index (χ1) is 17.8. The smallest absolute Gasteiger partial charge is 0.379 e. The Bertz CT molecular complexity index is 1330. The highest BCUT2D eigenvalue weighted by Gasteiger charge is 2.37. The van der Waals surface area contributed by atoms with E-state index in [9.17, 15) is 35.9 Å². The lowest BCUT2D eigenvalue weighted by Crippen LogP contribution is -2.49. The SMILES string of the molecule is C[C@@H](Cn1ccc(C(=O)N2CCN(c3ncc(C(F)(F)F)cn3)CC2)c1)Nc1cn[nH]c(=O)c1C(F)(F)F. The molecule has 3 aromatic rings. The fourth-order valence-corrected chi connectivity index (χ4v) is 4.02. The Balaban J connectivity index is 1.33. The van der Waals surface area contributed by atoms with E-state index in [1.165, 1.54) is 0 Å². The Morgan fingerprint density at radius 1 is 1.05 bits per heavy atom. The first-order valence-corrected chi connectivity index (χ1v) is 11.3. The lowest BCUT2D eigenvalue weighted by atomic mass is 10.2. The molecule has 1 aliphatic rings. The molecule has 1 aliphatic heterocycles. The van der Waals surface area contributed by atoms with Crippen LogP contribution in [0.2, 0.25) is 0 Å². The van der Waals surface area contributed by atoms with Crippen LogP contribution in [0.5, 0.6) is 0 Å². The highest BCUT2D eigenvalue weighted by atomic mass is 19.4. The molecule has 1 amide bonds. The molecular formula is C22H22F6N8O2. The molecule has 1 saturated heterocycles. The molecule has 3 aromatic heterocycles. The van der Waals surface area contributed by atoms with Gasteiger partial charge >= 0.3 is 12.4 Å². The number of rotatable bonds is 6. The van der Waals surface area contributed by atoms with Gasteiger partial charge in [0.25, 0.3) is 11.5 Å². The van der Waals surface area contributed by atoms with E-state index in [-0.39, 0.29) is 18.4 Å². The molecule has 4 heterocycles. The number of hydrogen-bond donors (Lipinski definition) is 2. The second-order valence-electron chi connectivity index (χ2n) is 8.68. The van der Waals surface area contributed by atoms with Gasteiger partial charge in [-0.15, -0.1) is 0 Å². The van der Waals surface area contributed by atoms with Gasteiger partial charge in [0.05, 0.1) is 23.0 Å². The van der Waals surface area contributed by atoms with E-state index in [0.717, 1.165) is 6.20 Å². The Morgan fingerprint density at radius 3 is 2.32 bits per heavy atom. The summed E-state index contributed by atoms with van der Waals surface area (Å²) in [5.41, 5.74) is -3.76. The minimum Gasteiger partial charge on any atom is -0.379 e. The molecule has 204 valence electrons. The molecule has 16 heteroatoms. The number of nitrogens with zero attached hydrogens (tertiary/aromatic N) is 6. The number of anilines is 2. The van der Waals surface area contributed by atoms with E-state index in [2.05, 4.69) is 20.4 Å². The number of amides is 1. The zero-order valence-electron chi connectivity index (χ0n) is 19.8. The predicted molar refractivity (Wildman–Crippen MR) is 123 cm³/mol. The van der Waals surface area contributed by atoms with Crippen molar-refractivity contribution in [1.82, 2.24) is 29.6 Å². The van der Waals surface area contributed by atoms with Gasteiger partial charge in [-0.25, -0.2) is 15.1 Å². The van der Waals surface area contributed by atoms with Crippen LogP contribution >= 0.6 is 0 Å². The van der Waals surface area contributed by atoms with Crippen LogP contribution in [-0.4, -0.2) is 67.8 Å². The molecule has 0 radical (unpaired) electrons. The fourth-order valence-electron chi connectivity index (χ4n) is 4.02. The van der Waals surface area contributed by atoms with Crippen LogP contribution in [0.3, 0.4) is 0 Å². The zero-order chi connectivity index (χ0) is 27.7. The van der Waals surface area contributed by atoms with Gasteiger partial charge in [0.1, 0.15) is 5.56 Å². The van der Waals surface area contributed by atoms with Crippen molar-refractivity contribution in [3.05, 3.63) is 64.1 Å². The monoisotopic (exact) mass is 544 g/mol. The van der Waals surface area contributed by atoms with Crippen LogP contribution in [0.15, 0.2) is 41.8 Å². The number of carbonyl (C=O) groups excluding carboxylic acids is 1. The molecule has 38 heavy (non-hydrogen) atoms. The predicted octanol–water partition coefficient (Wildman–Crippen LogP) is 2.86. The number of alkyl halides is 6. The second-order valence-corrected chi connectivity index (χ2v) is 8.68. The maximum atomic E-state index is 13.2. The Kier molecular flexibility index (Phi) is 7.33. The molecule has 1 fully saturated rings. The molecule has 10 nitrogen and oxygen atoms in total. The summed E-state index contributed by atoms with van der Waals surface area (Å²) in [4.78, 5) is 35.4. The average molecular weight is 544 g/mol. The van der Waals surface area contributed by atoms with Crippen molar-refractivity contribution < 1.29 is 31.1 Å². The number of nitrogens with one attached hydrogen (secondary N) is 2. The van der Waals surface area contributed by atoms with E-state index in [4.69, 9.17) is 0 Å². The summed E-state index contributed by atoms with van der Waals surface area (Å²) in [5, 5.41) is 7.84. The summed E-state index contributed by atoms with van der Waals surface area (Å²) >= 11 is 0. The number of carbonyl (C=O) groups is 1. The van der Waals surface area contributed by atoms with E-state index in [0.29, 0.717) is 44.1 Å². The van der Waals surface area contributed by atoms with Crippen LogP contribution in [0.1, 0.15) is 28.4 Å². The van der Waals surface area contributed by atoms with E-state index >= 15 is 0 Å². The van der Waals surface area contributed by atoms with Crippen molar-refractivity contribution in [2.24, 2.45) is 0 Å². The normalized spacial score (nSPS) is 15.4. The van der Waals surface area contributed by atoms with Gasteiger partial charge in [0.15, 0.2) is 0 Å². The minimum absolute atomic E-state index is 0.141. The van der Waals surface area contributed by atoms with Gasteiger partial charge in [-0.1, -0.05) is 0 Å². The number of aromatic amines is 1. The summed E-state index contributed by atoms with van der Waals surface area (Å²) in [5.74, 6) is -0.127. The van der Waals surface area contributed by atoms with Crippen LogP contribution in [0.4, 0.5) is 38.0 Å². The lowest BCUT2D eigenvalue weighted by Gasteiger charge is -2.34. The maximum absolute atomic E-state index is 13.2. The number of H-pyrrole nitrogens is 1. The number of hydrogen-bond acceptors (Lipinski definition) is 7. The Hall–Kier alpha value is -4.11. The largest absolute Gasteiger partial charge is 0.423 e. The van der Waals surface area contributed by atoms with Gasteiger partial charge < -0.3 is 19.7 Å². The third kappa shape index (κ3) is 6.06. The zero-order valence-corrected chi connectivity index (χ0v) is 19.8. The first-order valence-electron chi connectivity index (χ1n) is 11.3. The number of piperazine rings is 1. The van der Waals surface area contributed by atoms with E-state index < -0.39 is 40.8 Å². The topological polar surface area (TPSA) is 112 Å². The van der Waals surface area contributed by atoms with Crippen LogP contribution in [0.25, 0.3) is 0 Å². The van der Waals surface area contributed by atoms with E-state index in [1.54, 1.807) is 44.8 Å². The van der Waals surface area contributed by atoms with E-state index in [1.807, 2.05) is 0 Å². The molecular weight excluding hydrogens is 522 g/mol. The molecule has 1 atom stereocenters. The second kappa shape index (κ2) is 10.3. The fraction of sp³-hybridized carbons (Fsp3) is 0.409. The van der Waals surface area contributed by atoms with Crippen molar-refractivity contribution >= 4 is 17.5 Å². The molecule has 0 aliphatic carbocycles. The third-order valence-electron chi connectivity index (χ3n) is 5.84. The number of aromatic nitrogens is 5. The van der Waals surface area contributed by atoms with Gasteiger partial charge in [-0.05, 0) is 13.0 Å². The van der Waals surface area contributed by atoms with Crippen molar-refractivity contribution in [1.29, 1.82) is 0 Å². The lowest BCUT2D eigenvalue weighted by molar-refractivity contribution is -0.139. The van der Waals surface area contributed by atoms with Crippen molar-refractivity contribution in [2.75, 3.05) is 36.4 Å². The molecule has 0 spiro atoms. The minimum atomic E-state index is -4.87. The molecule has 0 unspecified atom stereocenters. The molecule has 0 aromatic carbocycles. The van der Waals surface area contributed by atoms with Crippen LogP contribution < -0.4 is 15.8 Å². The summed E-state index contributed by atoms with van der Waals surface area (Å²) in [6.07, 6.45) is -3.90. The highest BCUT2D eigenvalue weighted by Crippen LogP contribution is 2.32. The van der Waals surface area contributed by atoms with Crippen LogP contribution in [-0.2, 0) is 18.9 Å². The van der Waals surface area contributed by atoms with Gasteiger partial charge in [0, 0.05) is 63.6 Å². The summed E-state index contributed by atoms with van der Waals surface area (Å²) in [6, 6.07) is 1.03. The summed E-state index contributed by atoms with van der Waals surface area (Å²) in [6.45, 7) is 3.04. The summed E-state index contributed by atoms with van der Waals surface area (Å²) in [7, 11) is 0. The van der Waals surface area contributed by atoms with Gasteiger partial charge in [0.2, 0.25) is 5.95 Å². The Morgan fingerprint density at radius 2 is 1.71 bits per heavy atom.